The van der Waals surface area contributed by atoms with Crippen molar-refractivity contribution < 1.29 is 9.21 Å². The average Bonchev–Trinajstić information content (AvgIpc) is 3.01. The molecular formula is C23H12Br3NO3. The maximum Gasteiger partial charge on any atom is 0.295 e. The van der Waals surface area contributed by atoms with Crippen LogP contribution in [0.25, 0.3) is 11.0 Å². The molecule has 0 aliphatic carbocycles. The molecule has 0 fully saturated rings. The van der Waals surface area contributed by atoms with Crippen molar-refractivity contribution in [3.05, 3.63) is 107 Å². The van der Waals surface area contributed by atoms with Crippen molar-refractivity contribution in [3.63, 3.8) is 0 Å². The van der Waals surface area contributed by atoms with Gasteiger partial charge < -0.3 is 4.42 Å². The van der Waals surface area contributed by atoms with Crippen molar-refractivity contribution in [1.82, 2.24) is 0 Å². The second-order valence-corrected chi connectivity index (χ2v) is 9.67. The summed E-state index contributed by atoms with van der Waals surface area (Å²) >= 11 is 10.4. The number of halogens is 3. The van der Waals surface area contributed by atoms with Gasteiger partial charge >= 0.3 is 0 Å². The van der Waals surface area contributed by atoms with Crippen molar-refractivity contribution in [2.45, 2.75) is 6.04 Å². The van der Waals surface area contributed by atoms with E-state index >= 15 is 0 Å². The van der Waals surface area contributed by atoms with Crippen molar-refractivity contribution in [1.29, 1.82) is 0 Å². The third-order valence-electron chi connectivity index (χ3n) is 5.08. The van der Waals surface area contributed by atoms with Gasteiger partial charge in [0, 0.05) is 19.1 Å². The molecule has 1 aliphatic rings. The van der Waals surface area contributed by atoms with Crippen LogP contribution in [0.15, 0.2) is 89.4 Å². The summed E-state index contributed by atoms with van der Waals surface area (Å²) < 4.78 is 8.46. The molecule has 4 aromatic rings. The summed E-state index contributed by atoms with van der Waals surface area (Å²) in [4.78, 5) is 28.7. The van der Waals surface area contributed by atoms with Crippen LogP contribution in [-0.4, -0.2) is 5.91 Å². The van der Waals surface area contributed by atoms with E-state index < -0.39 is 6.04 Å². The molecule has 1 amide bonds. The summed E-state index contributed by atoms with van der Waals surface area (Å²) in [5.74, 6) is -0.255. The topological polar surface area (TPSA) is 50.5 Å². The smallest absolute Gasteiger partial charge is 0.295 e. The van der Waals surface area contributed by atoms with Gasteiger partial charge in [-0.1, -0.05) is 66.0 Å². The third-order valence-corrected chi connectivity index (χ3v) is 6.56. The van der Waals surface area contributed by atoms with Crippen molar-refractivity contribution in [2.75, 3.05) is 4.90 Å². The van der Waals surface area contributed by atoms with Gasteiger partial charge in [0.15, 0.2) is 5.43 Å². The number of hydrogen-bond acceptors (Lipinski definition) is 3. The Balaban J connectivity index is 1.84. The Labute approximate surface area is 196 Å². The average molecular weight is 590 g/mol. The highest BCUT2D eigenvalue weighted by molar-refractivity contribution is 9.11. The lowest BCUT2D eigenvalue weighted by Gasteiger charge is -2.25. The molecule has 1 aromatic heterocycles. The fourth-order valence-corrected chi connectivity index (χ4v) is 4.99. The first kappa shape index (κ1) is 19.7. The molecule has 3 aromatic carbocycles. The van der Waals surface area contributed by atoms with Crippen molar-refractivity contribution >= 4 is 70.4 Å². The Hall–Kier alpha value is -2.22. The lowest BCUT2D eigenvalue weighted by molar-refractivity contribution is 0.0971. The predicted octanol–water partition coefficient (Wildman–Crippen LogP) is 6.83. The Bertz CT molecular complexity index is 1400. The summed E-state index contributed by atoms with van der Waals surface area (Å²) in [5.41, 5.74) is 2.03. The monoisotopic (exact) mass is 587 g/mol. The molecule has 1 atom stereocenters. The van der Waals surface area contributed by atoms with Gasteiger partial charge in [0.2, 0.25) is 5.76 Å². The molecular weight excluding hydrogens is 578 g/mol. The molecule has 0 saturated carbocycles. The minimum absolute atomic E-state index is 0.0831. The standard InChI is InChI=1S/C23H12Br3NO3/c24-13-4-1-3-12(9-13)20-19-21(28)17-11-15(26)7-8-18(17)30-22(19)23(29)27(20)16-6-2-5-14(25)10-16/h1-11,20H. The van der Waals surface area contributed by atoms with Crippen LogP contribution in [0.4, 0.5) is 5.69 Å². The van der Waals surface area contributed by atoms with Crippen LogP contribution in [0, 0.1) is 0 Å². The number of carbonyl (C=O) groups is 1. The van der Waals surface area contributed by atoms with E-state index in [0.717, 1.165) is 19.0 Å². The predicted molar refractivity (Wildman–Crippen MR) is 127 cm³/mol. The van der Waals surface area contributed by atoms with E-state index in [9.17, 15) is 9.59 Å². The zero-order valence-electron chi connectivity index (χ0n) is 15.2. The number of fused-ring (bicyclic) bond motifs is 2. The summed E-state index contributed by atoms with van der Waals surface area (Å²) in [6, 6.07) is 19.7. The van der Waals surface area contributed by atoms with Gasteiger partial charge in [-0.2, -0.15) is 0 Å². The Morgan fingerprint density at radius 1 is 0.800 bits per heavy atom. The molecule has 1 unspecified atom stereocenters. The van der Waals surface area contributed by atoms with Crippen LogP contribution in [0.1, 0.15) is 27.7 Å². The van der Waals surface area contributed by atoms with E-state index in [-0.39, 0.29) is 17.1 Å². The lowest BCUT2D eigenvalue weighted by atomic mass is 9.98. The molecule has 5 rings (SSSR count). The maximum absolute atomic E-state index is 13.5. The summed E-state index contributed by atoms with van der Waals surface area (Å²) in [7, 11) is 0. The lowest BCUT2D eigenvalue weighted by Crippen LogP contribution is -2.29. The molecule has 30 heavy (non-hydrogen) atoms. The second-order valence-electron chi connectivity index (χ2n) is 6.93. The van der Waals surface area contributed by atoms with Gasteiger partial charge in [-0.15, -0.1) is 0 Å². The largest absolute Gasteiger partial charge is 0.450 e. The number of benzene rings is 3. The molecule has 4 nitrogen and oxygen atoms in total. The zero-order chi connectivity index (χ0) is 21.0. The fourth-order valence-electron chi connectivity index (χ4n) is 3.83. The van der Waals surface area contributed by atoms with Crippen LogP contribution in [0.2, 0.25) is 0 Å². The number of amides is 1. The molecule has 2 heterocycles. The van der Waals surface area contributed by atoms with Gasteiger partial charge in [-0.05, 0) is 54.1 Å². The van der Waals surface area contributed by atoms with Crippen molar-refractivity contribution in [3.8, 4) is 0 Å². The number of hydrogen-bond donors (Lipinski definition) is 0. The number of nitrogens with zero attached hydrogens (tertiary/aromatic N) is 1. The Morgan fingerprint density at radius 2 is 1.50 bits per heavy atom. The summed E-state index contributed by atoms with van der Waals surface area (Å²) in [5, 5.41) is 0.437. The van der Waals surface area contributed by atoms with Crippen LogP contribution in [0.3, 0.4) is 0 Å². The Kier molecular flexibility index (Phi) is 4.92. The first-order valence-corrected chi connectivity index (χ1v) is 11.4. The highest BCUT2D eigenvalue weighted by Gasteiger charge is 2.43. The Morgan fingerprint density at radius 3 is 2.23 bits per heavy atom. The summed E-state index contributed by atoms with van der Waals surface area (Å²) in [6.07, 6.45) is 0. The van der Waals surface area contributed by atoms with Crippen LogP contribution >= 0.6 is 47.8 Å². The van der Waals surface area contributed by atoms with Gasteiger partial charge in [0.05, 0.1) is 17.0 Å². The number of anilines is 1. The number of rotatable bonds is 2. The van der Waals surface area contributed by atoms with Gasteiger partial charge in [0.25, 0.3) is 5.91 Å². The normalized spacial score (nSPS) is 15.6. The van der Waals surface area contributed by atoms with E-state index in [0.29, 0.717) is 22.2 Å². The SMILES string of the molecule is O=C1c2oc3ccc(Br)cc3c(=O)c2C(c2cccc(Br)c2)N1c1cccc(Br)c1. The quantitative estimate of drug-likeness (QED) is 0.257. The maximum atomic E-state index is 13.5. The molecule has 148 valence electrons. The highest BCUT2D eigenvalue weighted by Crippen LogP contribution is 2.42. The minimum atomic E-state index is -0.598. The van der Waals surface area contributed by atoms with E-state index in [2.05, 4.69) is 47.8 Å². The molecule has 0 bridgehead atoms. The first-order chi connectivity index (χ1) is 14.4. The van der Waals surface area contributed by atoms with Gasteiger partial charge in [-0.25, -0.2) is 0 Å². The first-order valence-electron chi connectivity index (χ1n) is 9.05. The van der Waals surface area contributed by atoms with Gasteiger partial charge in [-0.3, -0.25) is 14.5 Å². The van der Waals surface area contributed by atoms with E-state index in [1.165, 1.54) is 0 Å². The molecule has 1 aliphatic heterocycles. The molecule has 0 N–H and O–H groups in total. The molecule has 0 saturated heterocycles. The summed E-state index contributed by atoms with van der Waals surface area (Å²) in [6.45, 7) is 0. The fraction of sp³-hybridized carbons (Fsp3) is 0.0435. The number of carbonyl (C=O) groups excluding carboxylic acids is 1. The van der Waals surface area contributed by atoms with Crippen molar-refractivity contribution in [2.24, 2.45) is 0 Å². The third kappa shape index (κ3) is 3.16. The molecule has 0 radical (unpaired) electrons. The molecule has 0 spiro atoms. The molecule has 7 heteroatoms. The zero-order valence-corrected chi connectivity index (χ0v) is 20.0. The van der Waals surface area contributed by atoms with Crippen LogP contribution < -0.4 is 10.3 Å². The van der Waals surface area contributed by atoms with E-state index in [4.69, 9.17) is 4.42 Å². The van der Waals surface area contributed by atoms with Gasteiger partial charge in [0.1, 0.15) is 5.58 Å². The van der Waals surface area contributed by atoms with E-state index in [1.807, 2.05) is 48.5 Å². The minimum Gasteiger partial charge on any atom is -0.450 e. The second kappa shape index (κ2) is 7.48. The highest BCUT2D eigenvalue weighted by atomic mass is 79.9. The van der Waals surface area contributed by atoms with Crippen LogP contribution in [-0.2, 0) is 0 Å². The van der Waals surface area contributed by atoms with Crippen LogP contribution in [0.5, 0.6) is 0 Å². The van der Waals surface area contributed by atoms with E-state index in [1.54, 1.807) is 23.1 Å².